The first-order chi connectivity index (χ1) is 13.7. The number of benzene rings is 2. The molecule has 2 fully saturated rings. The zero-order valence-electron chi connectivity index (χ0n) is 15.6. The summed E-state index contributed by atoms with van der Waals surface area (Å²) in [6.45, 7) is 1.84. The minimum absolute atomic E-state index is 0.00526. The number of nitrogens with zero attached hydrogens (tertiary/aromatic N) is 3. The Labute approximate surface area is 163 Å². The molecule has 3 heterocycles. The lowest BCUT2D eigenvalue weighted by atomic mass is 10.1. The van der Waals surface area contributed by atoms with Crippen molar-refractivity contribution in [1.82, 2.24) is 9.88 Å². The molecule has 2 saturated heterocycles. The van der Waals surface area contributed by atoms with Gasteiger partial charge in [-0.2, -0.15) is 0 Å². The van der Waals surface area contributed by atoms with Crippen LogP contribution in [0.2, 0.25) is 0 Å². The fourth-order valence-electron chi connectivity index (χ4n) is 4.12. The van der Waals surface area contributed by atoms with E-state index >= 15 is 0 Å². The highest BCUT2D eigenvalue weighted by Gasteiger charge is 2.48. The van der Waals surface area contributed by atoms with Gasteiger partial charge in [0, 0.05) is 17.5 Å². The zero-order chi connectivity index (χ0) is 19.1. The van der Waals surface area contributed by atoms with Gasteiger partial charge in [-0.1, -0.05) is 36.4 Å². The SMILES string of the molecule is COc1ccccc1CN1C(=O)O[C@H]2CN(c3ccc4ccccc4n3)C[C@H]21. The van der Waals surface area contributed by atoms with Crippen LogP contribution in [0, 0.1) is 0 Å². The minimum atomic E-state index is -0.257. The molecule has 0 saturated carbocycles. The van der Waals surface area contributed by atoms with Crippen LogP contribution in [0.25, 0.3) is 10.9 Å². The maximum atomic E-state index is 12.4. The summed E-state index contributed by atoms with van der Waals surface area (Å²) in [6.07, 6.45) is -0.400. The van der Waals surface area contributed by atoms with Crippen LogP contribution in [-0.2, 0) is 11.3 Å². The van der Waals surface area contributed by atoms with Crippen molar-refractivity contribution in [3.8, 4) is 5.75 Å². The topological polar surface area (TPSA) is 54.9 Å². The Bertz CT molecular complexity index is 1040. The van der Waals surface area contributed by atoms with E-state index in [1.807, 2.05) is 53.4 Å². The number of ether oxygens (including phenoxy) is 2. The summed E-state index contributed by atoms with van der Waals surface area (Å²) in [5.41, 5.74) is 1.95. The second-order valence-electron chi connectivity index (χ2n) is 7.20. The molecule has 6 heteroatoms. The highest BCUT2D eigenvalue weighted by atomic mass is 16.6. The standard InChI is InChI=1S/C22H21N3O3/c1-27-19-9-5-3-7-16(19)12-25-18-13-24(14-20(18)28-22(25)26)21-11-10-15-6-2-4-8-17(15)23-21/h2-11,18,20H,12-14H2,1H3/t18-,20+/m1/s1. The number of fused-ring (bicyclic) bond motifs is 2. The van der Waals surface area contributed by atoms with Gasteiger partial charge in [0.05, 0.1) is 31.8 Å². The molecule has 0 N–H and O–H groups in total. The Hall–Kier alpha value is -3.28. The summed E-state index contributed by atoms with van der Waals surface area (Å²) in [7, 11) is 1.65. The number of carbonyl (C=O) groups is 1. The monoisotopic (exact) mass is 375 g/mol. The normalized spacial score (nSPS) is 21.1. The van der Waals surface area contributed by atoms with E-state index in [9.17, 15) is 4.79 Å². The van der Waals surface area contributed by atoms with Crippen LogP contribution in [0.5, 0.6) is 5.75 Å². The van der Waals surface area contributed by atoms with Gasteiger partial charge in [-0.05, 0) is 24.3 Å². The van der Waals surface area contributed by atoms with Crippen molar-refractivity contribution in [2.75, 3.05) is 25.1 Å². The molecule has 0 aliphatic carbocycles. The lowest BCUT2D eigenvalue weighted by molar-refractivity contribution is 0.135. The van der Waals surface area contributed by atoms with Gasteiger partial charge in [0.2, 0.25) is 0 Å². The molecule has 0 radical (unpaired) electrons. The third-order valence-electron chi connectivity index (χ3n) is 5.56. The van der Waals surface area contributed by atoms with Crippen molar-refractivity contribution in [2.45, 2.75) is 18.7 Å². The van der Waals surface area contributed by atoms with Gasteiger partial charge in [-0.25, -0.2) is 9.78 Å². The number of para-hydroxylation sites is 2. The second kappa shape index (κ2) is 6.71. The van der Waals surface area contributed by atoms with Gasteiger partial charge in [0.25, 0.3) is 0 Å². The fourth-order valence-corrected chi connectivity index (χ4v) is 4.12. The molecule has 0 spiro atoms. The van der Waals surface area contributed by atoms with Crippen molar-refractivity contribution >= 4 is 22.8 Å². The summed E-state index contributed by atoms with van der Waals surface area (Å²) < 4.78 is 11.1. The molecular formula is C22H21N3O3. The summed E-state index contributed by atoms with van der Waals surface area (Å²) >= 11 is 0. The third-order valence-corrected chi connectivity index (χ3v) is 5.56. The largest absolute Gasteiger partial charge is 0.496 e. The van der Waals surface area contributed by atoms with E-state index in [0.29, 0.717) is 19.6 Å². The Balaban J connectivity index is 1.38. The predicted molar refractivity (Wildman–Crippen MR) is 107 cm³/mol. The van der Waals surface area contributed by atoms with Crippen LogP contribution in [0.1, 0.15) is 5.56 Å². The van der Waals surface area contributed by atoms with Crippen molar-refractivity contribution in [1.29, 1.82) is 0 Å². The fraction of sp³-hybridized carbons (Fsp3) is 0.273. The highest BCUT2D eigenvalue weighted by molar-refractivity contribution is 5.80. The molecule has 3 aromatic rings. The number of aromatic nitrogens is 1. The summed E-state index contributed by atoms with van der Waals surface area (Å²) in [4.78, 5) is 21.2. The maximum absolute atomic E-state index is 12.4. The van der Waals surface area contributed by atoms with Crippen molar-refractivity contribution in [3.63, 3.8) is 0 Å². The minimum Gasteiger partial charge on any atom is -0.496 e. The van der Waals surface area contributed by atoms with E-state index in [1.54, 1.807) is 7.11 Å². The summed E-state index contributed by atoms with van der Waals surface area (Å²) in [5, 5.41) is 1.12. The molecule has 0 unspecified atom stereocenters. The Kier molecular flexibility index (Phi) is 4.04. The molecule has 2 aliphatic rings. The Morgan fingerprint density at radius 3 is 2.79 bits per heavy atom. The number of hydrogen-bond donors (Lipinski definition) is 0. The molecule has 2 aromatic carbocycles. The number of anilines is 1. The van der Waals surface area contributed by atoms with Gasteiger partial charge < -0.3 is 14.4 Å². The molecule has 1 amide bonds. The van der Waals surface area contributed by atoms with E-state index in [2.05, 4.69) is 17.0 Å². The molecular weight excluding hydrogens is 354 g/mol. The van der Waals surface area contributed by atoms with E-state index in [4.69, 9.17) is 14.5 Å². The van der Waals surface area contributed by atoms with Gasteiger partial charge in [-0.15, -0.1) is 0 Å². The van der Waals surface area contributed by atoms with Crippen LogP contribution < -0.4 is 9.64 Å². The number of amides is 1. The Morgan fingerprint density at radius 2 is 1.89 bits per heavy atom. The second-order valence-corrected chi connectivity index (χ2v) is 7.20. The molecule has 2 aliphatic heterocycles. The van der Waals surface area contributed by atoms with Crippen molar-refractivity contribution < 1.29 is 14.3 Å². The van der Waals surface area contributed by atoms with Gasteiger partial charge in [-0.3, -0.25) is 4.90 Å². The highest BCUT2D eigenvalue weighted by Crippen LogP contribution is 2.32. The molecule has 2 atom stereocenters. The molecule has 28 heavy (non-hydrogen) atoms. The molecule has 6 nitrogen and oxygen atoms in total. The van der Waals surface area contributed by atoms with Crippen LogP contribution in [-0.4, -0.2) is 48.3 Å². The van der Waals surface area contributed by atoms with E-state index in [1.165, 1.54) is 0 Å². The predicted octanol–water partition coefficient (Wildman–Crippen LogP) is 3.45. The van der Waals surface area contributed by atoms with E-state index < -0.39 is 0 Å². The van der Waals surface area contributed by atoms with Crippen molar-refractivity contribution in [3.05, 3.63) is 66.2 Å². The molecule has 0 bridgehead atoms. The van der Waals surface area contributed by atoms with Crippen LogP contribution in [0.15, 0.2) is 60.7 Å². The average molecular weight is 375 g/mol. The molecule has 142 valence electrons. The number of carbonyl (C=O) groups excluding carboxylic acids is 1. The first-order valence-corrected chi connectivity index (χ1v) is 9.43. The molecule has 1 aromatic heterocycles. The Morgan fingerprint density at radius 1 is 1.07 bits per heavy atom. The number of hydrogen-bond acceptors (Lipinski definition) is 5. The third kappa shape index (κ3) is 2.81. The van der Waals surface area contributed by atoms with Crippen LogP contribution >= 0.6 is 0 Å². The molecule has 5 rings (SSSR count). The lowest BCUT2D eigenvalue weighted by Crippen LogP contribution is -2.37. The smallest absolute Gasteiger partial charge is 0.410 e. The summed E-state index contributed by atoms with van der Waals surface area (Å²) in [5.74, 6) is 1.70. The quantitative estimate of drug-likeness (QED) is 0.699. The number of methoxy groups -OCH3 is 1. The summed E-state index contributed by atoms with van der Waals surface area (Å²) in [6, 6.07) is 20.0. The van der Waals surface area contributed by atoms with Gasteiger partial charge in [0.1, 0.15) is 17.7 Å². The van der Waals surface area contributed by atoms with Gasteiger partial charge in [0.15, 0.2) is 0 Å². The maximum Gasteiger partial charge on any atom is 0.410 e. The van der Waals surface area contributed by atoms with Gasteiger partial charge >= 0.3 is 6.09 Å². The lowest BCUT2D eigenvalue weighted by Gasteiger charge is -2.24. The van der Waals surface area contributed by atoms with E-state index in [-0.39, 0.29) is 18.2 Å². The van der Waals surface area contributed by atoms with Crippen LogP contribution in [0.4, 0.5) is 10.6 Å². The first kappa shape index (κ1) is 16.9. The van der Waals surface area contributed by atoms with Crippen molar-refractivity contribution in [2.24, 2.45) is 0 Å². The average Bonchev–Trinajstić information content (AvgIpc) is 3.26. The van der Waals surface area contributed by atoms with E-state index in [0.717, 1.165) is 28.0 Å². The number of rotatable bonds is 4. The zero-order valence-corrected chi connectivity index (χ0v) is 15.6. The number of pyridine rings is 1. The first-order valence-electron chi connectivity index (χ1n) is 9.43. The van der Waals surface area contributed by atoms with Crippen LogP contribution in [0.3, 0.4) is 0 Å².